The van der Waals surface area contributed by atoms with E-state index in [0.717, 1.165) is 16.9 Å². The Balaban J connectivity index is 2.04. The number of rotatable bonds is 3. The molecule has 2 rings (SSSR count). The third-order valence-electron chi connectivity index (χ3n) is 2.78. The van der Waals surface area contributed by atoms with Crippen LogP contribution in [0.5, 0.6) is 0 Å². The molecule has 2 amide bonds. The number of nitrogens with two attached hydrogens (primary N) is 1. The Morgan fingerprint density at radius 1 is 1.32 bits per heavy atom. The summed E-state index contributed by atoms with van der Waals surface area (Å²) in [5.41, 5.74) is 8.02. The van der Waals surface area contributed by atoms with Crippen molar-refractivity contribution < 1.29 is 4.79 Å². The van der Waals surface area contributed by atoms with Crippen molar-refractivity contribution in [3.05, 3.63) is 54.4 Å². The summed E-state index contributed by atoms with van der Waals surface area (Å²) in [6, 6.07) is 10.8. The Kier molecular flexibility index (Phi) is 4.10. The highest BCUT2D eigenvalue weighted by Gasteiger charge is 2.10. The first-order valence-electron chi connectivity index (χ1n) is 5.94. The summed E-state index contributed by atoms with van der Waals surface area (Å²) in [7, 11) is 1.70. The van der Waals surface area contributed by atoms with Crippen LogP contribution in [0.15, 0.2) is 48.8 Å². The molecule has 98 valence electrons. The van der Waals surface area contributed by atoms with Gasteiger partial charge in [-0.1, -0.05) is 12.1 Å². The summed E-state index contributed by atoms with van der Waals surface area (Å²) >= 11 is 0. The van der Waals surface area contributed by atoms with E-state index < -0.39 is 0 Å². The van der Waals surface area contributed by atoms with Crippen LogP contribution < -0.4 is 16.0 Å². The van der Waals surface area contributed by atoms with Gasteiger partial charge in [0.05, 0.1) is 11.9 Å². The summed E-state index contributed by atoms with van der Waals surface area (Å²) in [6.45, 7) is 0.490. The number of pyridine rings is 1. The number of hydrogen-bond acceptors (Lipinski definition) is 3. The van der Waals surface area contributed by atoms with E-state index in [0.29, 0.717) is 6.54 Å². The monoisotopic (exact) mass is 256 g/mol. The molecule has 0 aliphatic heterocycles. The smallest absolute Gasteiger partial charge is 0.326 e. The van der Waals surface area contributed by atoms with Gasteiger partial charge in [0.2, 0.25) is 0 Å². The lowest BCUT2D eigenvalue weighted by Crippen LogP contribution is -2.31. The van der Waals surface area contributed by atoms with E-state index in [-0.39, 0.29) is 6.03 Å². The number of amides is 2. The van der Waals surface area contributed by atoms with Crippen molar-refractivity contribution in [2.24, 2.45) is 5.73 Å². The van der Waals surface area contributed by atoms with Crippen molar-refractivity contribution in [2.45, 2.75) is 6.54 Å². The molecule has 1 aromatic carbocycles. The van der Waals surface area contributed by atoms with Crippen molar-refractivity contribution in [1.82, 2.24) is 4.98 Å². The van der Waals surface area contributed by atoms with Gasteiger partial charge in [-0.2, -0.15) is 0 Å². The second-order valence-electron chi connectivity index (χ2n) is 4.10. The van der Waals surface area contributed by atoms with Crippen LogP contribution >= 0.6 is 0 Å². The molecule has 0 aliphatic rings. The molecule has 0 saturated carbocycles. The van der Waals surface area contributed by atoms with E-state index >= 15 is 0 Å². The molecule has 19 heavy (non-hydrogen) atoms. The first-order chi connectivity index (χ1) is 9.20. The number of nitrogens with zero attached hydrogens (tertiary/aromatic N) is 2. The number of urea groups is 1. The number of anilines is 2. The van der Waals surface area contributed by atoms with Crippen LogP contribution in [0.1, 0.15) is 5.56 Å². The maximum Gasteiger partial charge on any atom is 0.326 e. The third-order valence-corrected chi connectivity index (χ3v) is 2.78. The molecule has 0 bridgehead atoms. The zero-order chi connectivity index (χ0) is 13.7. The van der Waals surface area contributed by atoms with Crippen LogP contribution in [0, 0.1) is 0 Å². The summed E-state index contributed by atoms with van der Waals surface area (Å²) in [4.78, 5) is 17.5. The lowest BCUT2D eigenvalue weighted by molar-refractivity contribution is 0.258. The summed E-state index contributed by atoms with van der Waals surface area (Å²) in [6.07, 6.45) is 3.30. The first kappa shape index (κ1) is 13.0. The fourth-order valence-corrected chi connectivity index (χ4v) is 1.60. The van der Waals surface area contributed by atoms with Gasteiger partial charge in [-0.3, -0.25) is 9.88 Å². The molecular formula is C14H16N4O. The minimum Gasteiger partial charge on any atom is -0.326 e. The number of hydrogen-bond donors (Lipinski definition) is 2. The van der Waals surface area contributed by atoms with Gasteiger partial charge in [-0.25, -0.2) is 4.79 Å². The van der Waals surface area contributed by atoms with Gasteiger partial charge in [-0.15, -0.1) is 0 Å². The first-order valence-corrected chi connectivity index (χ1v) is 5.94. The van der Waals surface area contributed by atoms with Crippen LogP contribution in [0.3, 0.4) is 0 Å². The predicted molar refractivity (Wildman–Crippen MR) is 76.0 cm³/mol. The fourth-order valence-electron chi connectivity index (χ4n) is 1.60. The minimum atomic E-state index is -0.214. The Morgan fingerprint density at radius 2 is 2.05 bits per heavy atom. The quantitative estimate of drug-likeness (QED) is 0.884. The molecule has 3 N–H and O–H groups in total. The van der Waals surface area contributed by atoms with Crippen LogP contribution in [0.4, 0.5) is 16.2 Å². The second kappa shape index (κ2) is 5.97. The minimum absolute atomic E-state index is 0.214. The van der Waals surface area contributed by atoms with Crippen LogP contribution in [0.2, 0.25) is 0 Å². The maximum atomic E-state index is 12.0. The summed E-state index contributed by atoms with van der Waals surface area (Å²) in [5, 5.41) is 2.81. The molecule has 5 nitrogen and oxygen atoms in total. The van der Waals surface area contributed by atoms with Crippen molar-refractivity contribution in [3.8, 4) is 0 Å². The number of carbonyl (C=O) groups is 1. The van der Waals surface area contributed by atoms with E-state index in [1.807, 2.05) is 30.3 Å². The lowest BCUT2D eigenvalue weighted by Gasteiger charge is -2.17. The van der Waals surface area contributed by atoms with Gasteiger partial charge >= 0.3 is 6.03 Å². The van der Waals surface area contributed by atoms with Gasteiger partial charge < -0.3 is 11.1 Å². The number of aromatic nitrogens is 1. The molecule has 2 aromatic rings. The van der Waals surface area contributed by atoms with Gasteiger partial charge in [0.25, 0.3) is 0 Å². The van der Waals surface area contributed by atoms with Gasteiger partial charge in [-0.05, 0) is 29.8 Å². The number of nitrogens with one attached hydrogen (secondary N) is 1. The normalized spacial score (nSPS) is 10.0. The standard InChI is InChI=1S/C14H16N4O/c1-18(13-3-2-8-16-10-13)14(19)17-12-6-4-11(9-15)5-7-12/h2-8,10H,9,15H2,1H3,(H,17,19). The van der Waals surface area contributed by atoms with E-state index in [1.165, 1.54) is 4.90 Å². The third kappa shape index (κ3) is 3.29. The average Bonchev–Trinajstić information content (AvgIpc) is 2.48. The topological polar surface area (TPSA) is 71.2 Å². The molecule has 5 heteroatoms. The predicted octanol–water partition coefficient (Wildman–Crippen LogP) is 2.21. The van der Waals surface area contributed by atoms with Crippen LogP contribution in [0.25, 0.3) is 0 Å². The Morgan fingerprint density at radius 3 is 2.63 bits per heavy atom. The number of benzene rings is 1. The fraction of sp³-hybridized carbons (Fsp3) is 0.143. The summed E-state index contributed by atoms with van der Waals surface area (Å²) in [5.74, 6) is 0. The van der Waals surface area contributed by atoms with Gasteiger partial charge in [0.1, 0.15) is 0 Å². The highest BCUT2D eigenvalue weighted by molar-refractivity contribution is 6.01. The summed E-state index contributed by atoms with van der Waals surface area (Å²) < 4.78 is 0. The maximum absolute atomic E-state index is 12.0. The molecule has 0 radical (unpaired) electrons. The van der Waals surface area contributed by atoms with E-state index in [2.05, 4.69) is 10.3 Å². The van der Waals surface area contributed by atoms with E-state index in [1.54, 1.807) is 25.5 Å². The number of carbonyl (C=O) groups excluding carboxylic acids is 1. The highest BCUT2D eigenvalue weighted by atomic mass is 16.2. The molecule has 1 aromatic heterocycles. The van der Waals surface area contributed by atoms with Crippen LogP contribution in [-0.4, -0.2) is 18.1 Å². The molecule has 0 aliphatic carbocycles. The highest BCUT2D eigenvalue weighted by Crippen LogP contribution is 2.13. The van der Waals surface area contributed by atoms with Gasteiger partial charge in [0, 0.05) is 25.5 Å². The van der Waals surface area contributed by atoms with Crippen molar-refractivity contribution in [1.29, 1.82) is 0 Å². The molecule has 0 atom stereocenters. The molecule has 0 spiro atoms. The average molecular weight is 256 g/mol. The zero-order valence-electron chi connectivity index (χ0n) is 10.7. The molecule has 0 saturated heterocycles. The van der Waals surface area contributed by atoms with E-state index in [9.17, 15) is 4.79 Å². The second-order valence-corrected chi connectivity index (χ2v) is 4.10. The van der Waals surface area contributed by atoms with E-state index in [4.69, 9.17) is 5.73 Å². The Labute approximate surface area is 112 Å². The molecule has 1 heterocycles. The van der Waals surface area contributed by atoms with Crippen molar-refractivity contribution in [3.63, 3.8) is 0 Å². The van der Waals surface area contributed by atoms with Gasteiger partial charge in [0.15, 0.2) is 0 Å². The lowest BCUT2D eigenvalue weighted by atomic mass is 10.2. The van der Waals surface area contributed by atoms with Crippen molar-refractivity contribution >= 4 is 17.4 Å². The van der Waals surface area contributed by atoms with Crippen LogP contribution in [-0.2, 0) is 6.54 Å². The zero-order valence-corrected chi connectivity index (χ0v) is 10.7. The molecule has 0 unspecified atom stereocenters. The van der Waals surface area contributed by atoms with Crippen molar-refractivity contribution in [2.75, 3.05) is 17.3 Å². The largest absolute Gasteiger partial charge is 0.326 e. The Hall–Kier alpha value is -2.40. The molecular weight excluding hydrogens is 240 g/mol. The molecule has 0 fully saturated rings. The Bertz CT molecular complexity index is 539. The SMILES string of the molecule is CN(C(=O)Nc1ccc(CN)cc1)c1cccnc1.